The summed E-state index contributed by atoms with van der Waals surface area (Å²) in [7, 11) is 0. The molecule has 1 N–H and O–H groups in total. The minimum atomic E-state index is 0.724. The molecule has 2 rings (SSSR count). The predicted molar refractivity (Wildman–Crippen MR) is 72.9 cm³/mol. The highest BCUT2D eigenvalue weighted by molar-refractivity contribution is 9.10. The fraction of sp³-hybridized carbons (Fsp3) is 0.0769. The van der Waals surface area contributed by atoms with Gasteiger partial charge in [-0.05, 0) is 35.9 Å². The first kappa shape index (κ1) is 11.5. The van der Waals surface area contributed by atoms with Crippen molar-refractivity contribution in [2.45, 2.75) is 6.54 Å². The van der Waals surface area contributed by atoms with Gasteiger partial charge in [0, 0.05) is 21.7 Å². The molecule has 0 bridgehead atoms. The summed E-state index contributed by atoms with van der Waals surface area (Å²) in [4.78, 5) is 0. The van der Waals surface area contributed by atoms with Gasteiger partial charge in [0.2, 0.25) is 0 Å². The second-order valence-corrected chi connectivity index (χ2v) is 4.78. The Morgan fingerprint density at radius 3 is 2.56 bits per heavy atom. The average Bonchev–Trinajstić information content (AvgIpc) is 2.32. The molecule has 82 valence electrons. The molecular weight excluding hydrogens is 286 g/mol. The predicted octanol–water partition coefficient (Wildman–Crippen LogP) is 4.71. The van der Waals surface area contributed by atoms with Crippen molar-refractivity contribution in [3.63, 3.8) is 0 Å². The van der Waals surface area contributed by atoms with Crippen molar-refractivity contribution >= 4 is 33.2 Å². The number of benzene rings is 2. The summed E-state index contributed by atoms with van der Waals surface area (Å²) >= 11 is 9.54. The van der Waals surface area contributed by atoms with Crippen LogP contribution >= 0.6 is 27.5 Å². The number of para-hydroxylation sites is 1. The van der Waals surface area contributed by atoms with Gasteiger partial charge in [0.1, 0.15) is 0 Å². The standard InChI is InChI=1S/C13H11BrClN/c14-11-6-7-13(15)10(8-11)9-16-12-4-2-1-3-5-12/h1-8,16H,9H2. The molecule has 0 aliphatic rings. The van der Waals surface area contributed by atoms with Crippen LogP contribution in [0.3, 0.4) is 0 Å². The van der Waals surface area contributed by atoms with Crippen LogP contribution in [0.1, 0.15) is 5.56 Å². The van der Waals surface area contributed by atoms with E-state index >= 15 is 0 Å². The molecule has 0 unspecified atom stereocenters. The summed E-state index contributed by atoms with van der Waals surface area (Å²) in [6.45, 7) is 0.724. The first-order chi connectivity index (χ1) is 7.75. The lowest BCUT2D eigenvalue weighted by molar-refractivity contribution is 1.15. The summed E-state index contributed by atoms with van der Waals surface area (Å²) in [6.07, 6.45) is 0. The highest BCUT2D eigenvalue weighted by atomic mass is 79.9. The Morgan fingerprint density at radius 1 is 1.06 bits per heavy atom. The molecule has 0 aromatic heterocycles. The first-order valence-corrected chi connectivity index (χ1v) is 6.15. The Kier molecular flexibility index (Phi) is 3.86. The number of hydrogen-bond donors (Lipinski definition) is 1. The highest BCUT2D eigenvalue weighted by Crippen LogP contribution is 2.21. The van der Waals surface area contributed by atoms with Crippen molar-refractivity contribution in [1.82, 2.24) is 0 Å². The molecule has 0 radical (unpaired) electrons. The van der Waals surface area contributed by atoms with Gasteiger partial charge >= 0.3 is 0 Å². The molecule has 3 heteroatoms. The third-order valence-electron chi connectivity index (χ3n) is 2.26. The van der Waals surface area contributed by atoms with Crippen LogP contribution in [0, 0.1) is 0 Å². The number of halogens is 2. The quantitative estimate of drug-likeness (QED) is 0.864. The monoisotopic (exact) mass is 295 g/mol. The van der Waals surface area contributed by atoms with Gasteiger partial charge in [-0.1, -0.05) is 45.7 Å². The zero-order valence-corrected chi connectivity index (χ0v) is 10.9. The number of rotatable bonds is 3. The molecule has 0 saturated heterocycles. The third kappa shape index (κ3) is 3.00. The molecule has 0 aliphatic carbocycles. The molecule has 2 aromatic rings. The van der Waals surface area contributed by atoms with E-state index in [2.05, 4.69) is 21.2 Å². The molecule has 0 saturated carbocycles. The number of hydrogen-bond acceptors (Lipinski definition) is 1. The average molecular weight is 297 g/mol. The number of nitrogens with one attached hydrogen (secondary N) is 1. The Morgan fingerprint density at radius 2 is 1.81 bits per heavy atom. The van der Waals surface area contributed by atoms with Crippen molar-refractivity contribution in [2.75, 3.05) is 5.32 Å². The largest absolute Gasteiger partial charge is 0.381 e. The lowest BCUT2D eigenvalue weighted by Gasteiger charge is -2.08. The van der Waals surface area contributed by atoms with E-state index in [-0.39, 0.29) is 0 Å². The smallest absolute Gasteiger partial charge is 0.0456 e. The van der Waals surface area contributed by atoms with Gasteiger partial charge in [0.15, 0.2) is 0 Å². The van der Waals surface area contributed by atoms with Crippen molar-refractivity contribution in [2.24, 2.45) is 0 Å². The van der Waals surface area contributed by atoms with Crippen molar-refractivity contribution in [1.29, 1.82) is 0 Å². The van der Waals surface area contributed by atoms with Crippen molar-refractivity contribution < 1.29 is 0 Å². The molecule has 0 atom stereocenters. The van der Waals surface area contributed by atoms with Crippen molar-refractivity contribution in [3.05, 3.63) is 63.6 Å². The molecule has 0 amide bonds. The molecule has 1 nitrogen and oxygen atoms in total. The molecule has 0 heterocycles. The van der Waals surface area contributed by atoms with E-state index in [1.54, 1.807) is 0 Å². The third-order valence-corrected chi connectivity index (χ3v) is 3.13. The summed E-state index contributed by atoms with van der Waals surface area (Å²) in [5.41, 5.74) is 2.18. The molecule has 0 spiro atoms. The van der Waals surface area contributed by atoms with E-state index in [4.69, 9.17) is 11.6 Å². The number of anilines is 1. The fourth-order valence-corrected chi connectivity index (χ4v) is 2.02. The minimum absolute atomic E-state index is 0.724. The van der Waals surface area contributed by atoms with Crippen LogP contribution < -0.4 is 5.32 Å². The van der Waals surface area contributed by atoms with Crippen molar-refractivity contribution in [3.8, 4) is 0 Å². The maximum absolute atomic E-state index is 6.10. The van der Waals surface area contributed by atoms with Crippen LogP contribution in [0.4, 0.5) is 5.69 Å². The van der Waals surface area contributed by atoms with Gasteiger partial charge in [-0.25, -0.2) is 0 Å². The summed E-state index contributed by atoms with van der Waals surface area (Å²) < 4.78 is 1.04. The van der Waals surface area contributed by atoms with E-state index in [0.29, 0.717) is 0 Å². The van der Waals surface area contributed by atoms with Gasteiger partial charge < -0.3 is 5.32 Å². The van der Waals surface area contributed by atoms with Crippen LogP contribution in [-0.4, -0.2) is 0 Å². The van der Waals surface area contributed by atoms with Crippen LogP contribution in [0.25, 0.3) is 0 Å². The topological polar surface area (TPSA) is 12.0 Å². The maximum Gasteiger partial charge on any atom is 0.0456 e. The van der Waals surface area contributed by atoms with Gasteiger partial charge in [-0.15, -0.1) is 0 Å². The second-order valence-electron chi connectivity index (χ2n) is 3.46. The zero-order valence-electron chi connectivity index (χ0n) is 8.58. The fourth-order valence-electron chi connectivity index (χ4n) is 1.43. The highest BCUT2D eigenvalue weighted by Gasteiger charge is 2.00. The van der Waals surface area contributed by atoms with E-state index in [1.165, 1.54) is 0 Å². The summed E-state index contributed by atoms with van der Waals surface area (Å²) in [5, 5.41) is 4.11. The molecule has 0 aliphatic heterocycles. The lowest BCUT2D eigenvalue weighted by atomic mass is 10.2. The van der Waals surface area contributed by atoms with E-state index in [1.807, 2.05) is 48.5 Å². The molecule has 2 aromatic carbocycles. The lowest BCUT2D eigenvalue weighted by Crippen LogP contribution is -1.99. The van der Waals surface area contributed by atoms with E-state index < -0.39 is 0 Å². The van der Waals surface area contributed by atoms with Gasteiger partial charge in [-0.2, -0.15) is 0 Å². The maximum atomic E-state index is 6.10. The Bertz CT molecular complexity index is 471. The Hall–Kier alpha value is -0.990. The molecule has 0 fully saturated rings. The second kappa shape index (κ2) is 5.37. The van der Waals surface area contributed by atoms with E-state index in [9.17, 15) is 0 Å². The zero-order chi connectivity index (χ0) is 11.4. The van der Waals surface area contributed by atoms with Gasteiger partial charge in [-0.3, -0.25) is 0 Å². The minimum Gasteiger partial charge on any atom is -0.381 e. The van der Waals surface area contributed by atoms with Gasteiger partial charge in [0.25, 0.3) is 0 Å². The van der Waals surface area contributed by atoms with Crippen LogP contribution in [0.15, 0.2) is 53.0 Å². The molecule has 16 heavy (non-hydrogen) atoms. The van der Waals surface area contributed by atoms with E-state index in [0.717, 1.165) is 27.3 Å². The van der Waals surface area contributed by atoms with Crippen LogP contribution in [0.5, 0.6) is 0 Å². The molecular formula is C13H11BrClN. The SMILES string of the molecule is Clc1ccc(Br)cc1CNc1ccccc1. The van der Waals surface area contributed by atoms with Gasteiger partial charge in [0.05, 0.1) is 0 Å². The first-order valence-electron chi connectivity index (χ1n) is 4.98. The summed E-state index contributed by atoms with van der Waals surface area (Å²) in [5.74, 6) is 0. The van der Waals surface area contributed by atoms with Crippen LogP contribution in [-0.2, 0) is 6.54 Å². The normalized spacial score (nSPS) is 10.1. The Balaban J connectivity index is 2.08. The Labute approximate surface area is 109 Å². The summed E-state index contributed by atoms with van der Waals surface area (Å²) in [6, 6.07) is 15.9. The van der Waals surface area contributed by atoms with Crippen LogP contribution in [0.2, 0.25) is 5.02 Å².